The molecule has 26 heavy (non-hydrogen) atoms. The Morgan fingerprint density at radius 3 is 2.54 bits per heavy atom. The molecule has 1 saturated carbocycles. The van der Waals surface area contributed by atoms with Crippen LogP contribution in [-0.4, -0.2) is 49.6 Å². The molecule has 0 aromatic heterocycles. The first-order valence-corrected chi connectivity index (χ1v) is 9.48. The van der Waals surface area contributed by atoms with E-state index in [-0.39, 0.29) is 29.0 Å². The Bertz CT molecular complexity index is 681. The normalized spacial score (nSPS) is 24.7. The number of rotatable bonds is 4. The van der Waals surface area contributed by atoms with Gasteiger partial charge in [0.2, 0.25) is 5.91 Å². The molecule has 2 amide bonds. The van der Waals surface area contributed by atoms with Crippen LogP contribution in [0.25, 0.3) is 0 Å². The summed E-state index contributed by atoms with van der Waals surface area (Å²) >= 11 is 0. The molecule has 1 N–H and O–H groups in total. The van der Waals surface area contributed by atoms with Crippen molar-refractivity contribution in [2.75, 3.05) is 32.8 Å². The van der Waals surface area contributed by atoms with E-state index in [0.717, 1.165) is 19.4 Å². The van der Waals surface area contributed by atoms with Gasteiger partial charge in [0, 0.05) is 43.8 Å². The van der Waals surface area contributed by atoms with Crippen molar-refractivity contribution in [3.05, 3.63) is 35.6 Å². The van der Waals surface area contributed by atoms with Gasteiger partial charge in [0.15, 0.2) is 0 Å². The van der Waals surface area contributed by atoms with Crippen LogP contribution in [0.1, 0.15) is 36.0 Å². The quantitative estimate of drug-likeness (QED) is 0.896. The van der Waals surface area contributed by atoms with E-state index in [9.17, 15) is 14.0 Å². The lowest BCUT2D eigenvalue weighted by Crippen LogP contribution is -2.44. The summed E-state index contributed by atoms with van der Waals surface area (Å²) in [6.45, 7) is 2.99. The molecule has 3 fully saturated rings. The predicted octanol–water partition coefficient (Wildman–Crippen LogP) is 2.22. The molecule has 5 nitrogen and oxygen atoms in total. The van der Waals surface area contributed by atoms with Crippen LogP contribution in [0.3, 0.4) is 0 Å². The highest BCUT2D eigenvalue weighted by atomic mass is 19.1. The van der Waals surface area contributed by atoms with Crippen molar-refractivity contribution in [3.63, 3.8) is 0 Å². The van der Waals surface area contributed by atoms with E-state index < -0.39 is 0 Å². The molecule has 1 aromatic carbocycles. The maximum atomic E-state index is 13.1. The number of amides is 2. The fourth-order valence-electron chi connectivity index (χ4n) is 4.23. The van der Waals surface area contributed by atoms with Gasteiger partial charge >= 0.3 is 0 Å². The Morgan fingerprint density at radius 1 is 1.19 bits per heavy atom. The molecule has 3 aliphatic rings. The fraction of sp³-hybridized carbons (Fsp3) is 0.600. The minimum atomic E-state index is -0.360. The third-order valence-electron chi connectivity index (χ3n) is 6.09. The third kappa shape index (κ3) is 3.47. The maximum Gasteiger partial charge on any atom is 0.253 e. The average molecular weight is 360 g/mol. The zero-order valence-corrected chi connectivity index (χ0v) is 14.9. The largest absolute Gasteiger partial charge is 0.381 e. The molecule has 1 aliphatic carbocycles. The second kappa shape index (κ2) is 6.99. The number of carbonyl (C=O) groups excluding carboxylic acids is 2. The van der Waals surface area contributed by atoms with E-state index in [4.69, 9.17) is 4.74 Å². The lowest BCUT2D eigenvalue weighted by molar-refractivity contribution is -0.129. The number of carbonyl (C=O) groups is 2. The smallest absolute Gasteiger partial charge is 0.253 e. The van der Waals surface area contributed by atoms with Gasteiger partial charge in [-0.15, -0.1) is 0 Å². The van der Waals surface area contributed by atoms with E-state index in [1.165, 1.54) is 37.1 Å². The highest BCUT2D eigenvalue weighted by Crippen LogP contribution is 2.45. The standard InChI is InChI=1S/C20H25FN2O3/c21-16-5-3-15(4-6-16)19(25)23-12-17(18(24)22-11-14-1-2-14)20(13-23)7-9-26-10-8-20/h3-6,14,17H,1-2,7-13H2,(H,22,24). The van der Waals surface area contributed by atoms with Gasteiger partial charge in [-0.25, -0.2) is 4.39 Å². The van der Waals surface area contributed by atoms with Gasteiger partial charge in [-0.05, 0) is 55.9 Å². The molecule has 2 aliphatic heterocycles. The first kappa shape index (κ1) is 17.5. The first-order chi connectivity index (χ1) is 12.6. The second-order valence-electron chi connectivity index (χ2n) is 7.91. The van der Waals surface area contributed by atoms with Crippen LogP contribution >= 0.6 is 0 Å². The number of nitrogens with one attached hydrogen (secondary N) is 1. The molecule has 1 aromatic rings. The molecule has 1 unspecified atom stereocenters. The lowest BCUT2D eigenvalue weighted by atomic mass is 9.71. The number of hydrogen-bond donors (Lipinski definition) is 1. The van der Waals surface area contributed by atoms with Crippen molar-refractivity contribution in [1.29, 1.82) is 0 Å². The van der Waals surface area contributed by atoms with Crippen LogP contribution in [-0.2, 0) is 9.53 Å². The number of likely N-dealkylation sites (tertiary alicyclic amines) is 1. The Balaban J connectivity index is 1.51. The average Bonchev–Trinajstić information content (AvgIpc) is 3.42. The van der Waals surface area contributed by atoms with E-state index in [1.807, 2.05) is 0 Å². The van der Waals surface area contributed by atoms with Gasteiger partial charge in [-0.3, -0.25) is 9.59 Å². The van der Waals surface area contributed by atoms with Crippen LogP contribution in [0, 0.1) is 23.1 Å². The molecule has 0 bridgehead atoms. The molecule has 140 valence electrons. The van der Waals surface area contributed by atoms with Crippen LogP contribution in [0.2, 0.25) is 0 Å². The highest BCUT2D eigenvalue weighted by Gasteiger charge is 2.51. The molecular formula is C20H25FN2O3. The van der Waals surface area contributed by atoms with Gasteiger partial charge in [0.25, 0.3) is 5.91 Å². The Kier molecular flexibility index (Phi) is 4.69. The summed E-state index contributed by atoms with van der Waals surface area (Å²) in [5.74, 6) is 0.000239. The number of hydrogen-bond acceptors (Lipinski definition) is 3. The van der Waals surface area contributed by atoms with Crippen molar-refractivity contribution in [2.45, 2.75) is 25.7 Å². The number of benzene rings is 1. The zero-order chi connectivity index (χ0) is 18.1. The third-order valence-corrected chi connectivity index (χ3v) is 6.09. The second-order valence-corrected chi connectivity index (χ2v) is 7.91. The van der Waals surface area contributed by atoms with Crippen LogP contribution in [0.5, 0.6) is 0 Å². The molecular weight excluding hydrogens is 335 g/mol. The van der Waals surface area contributed by atoms with Crippen molar-refractivity contribution in [3.8, 4) is 0 Å². The van der Waals surface area contributed by atoms with E-state index in [1.54, 1.807) is 4.90 Å². The van der Waals surface area contributed by atoms with E-state index in [2.05, 4.69) is 5.32 Å². The molecule has 6 heteroatoms. The summed E-state index contributed by atoms with van der Waals surface area (Å²) in [6.07, 6.45) is 3.97. The van der Waals surface area contributed by atoms with Crippen molar-refractivity contribution >= 4 is 11.8 Å². The molecule has 0 radical (unpaired) electrons. The highest BCUT2D eigenvalue weighted by molar-refractivity contribution is 5.95. The Morgan fingerprint density at radius 2 is 1.88 bits per heavy atom. The monoisotopic (exact) mass is 360 g/mol. The SMILES string of the molecule is O=C(NCC1CC1)C1CN(C(=O)c2ccc(F)cc2)CC12CCOCC2. The number of halogens is 1. The van der Waals surface area contributed by atoms with Gasteiger partial charge in [-0.1, -0.05) is 0 Å². The summed E-state index contributed by atoms with van der Waals surface area (Å²) in [6, 6.07) is 5.62. The van der Waals surface area contributed by atoms with Crippen LogP contribution in [0.15, 0.2) is 24.3 Å². The van der Waals surface area contributed by atoms with Crippen molar-refractivity contribution < 1.29 is 18.7 Å². The summed E-state index contributed by atoms with van der Waals surface area (Å²) in [7, 11) is 0. The Hall–Kier alpha value is -1.95. The van der Waals surface area contributed by atoms with E-state index >= 15 is 0 Å². The van der Waals surface area contributed by atoms with Gasteiger partial charge in [-0.2, -0.15) is 0 Å². The summed E-state index contributed by atoms with van der Waals surface area (Å²) in [5.41, 5.74) is 0.259. The molecule has 1 spiro atoms. The maximum absolute atomic E-state index is 13.1. The summed E-state index contributed by atoms with van der Waals surface area (Å²) in [4.78, 5) is 27.5. The van der Waals surface area contributed by atoms with Crippen molar-refractivity contribution in [2.24, 2.45) is 17.3 Å². The predicted molar refractivity (Wildman–Crippen MR) is 94.0 cm³/mol. The summed E-state index contributed by atoms with van der Waals surface area (Å²) in [5, 5.41) is 3.10. The van der Waals surface area contributed by atoms with Gasteiger partial charge in [0.1, 0.15) is 5.82 Å². The topological polar surface area (TPSA) is 58.6 Å². The zero-order valence-electron chi connectivity index (χ0n) is 14.9. The fourth-order valence-corrected chi connectivity index (χ4v) is 4.23. The first-order valence-electron chi connectivity index (χ1n) is 9.48. The minimum Gasteiger partial charge on any atom is -0.381 e. The molecule has 1 atom stereocenters. The number of nitrogens with zero attached hydrogens (tertiary/aromatic N) is 1. The Labute approximate surface area is 152 Å². The number of ether oxygens (including phenoxy) is 1. The van der Waals surface area contributed by atoms with Crippen LogP contribution in [0.4, 0.5) is 4.39 Å². The molecule has 2 saturated heterocycles. The summed E-state index contributed by atoms with van der Waals surface area (Å²) < 4.78 is 18.7. The lowest BCUT2D eigenvalue weighted by Gasteiger charge is -2.37. The molecule has 2 heterocycles. The molecule has 4 rings (SSSR count). The van der Waals surface area contributed by atoms with Gasteiger partial charge in [0.05, 0.1) is 5.92 Å². The van der Waals surface area contributed by atoms with Crippen molar-refractivity contribution in [1.82, 2.24) is 10.2 Å². The van der Waals surface area contributed by atoms with Crippen LogP contribution < -0.4 is 5.32 Å². The van der Waals surface area contributed by atoms with Gasteiger partial charge < -0.3 is 15.0 Å². The minimum absolute atomic E-state index is 0.0632. The van der Waals surface area contributed by atoms with E-state index in [0.29, 0.717) is 37.8 Å².